The predicted octanol–water partition coefficient (Wildman–Crippen LogP) is 4.31. The first kappa shape index (κ1) is 24.3. The second kappa shape index (κ2) is 9.65. The Kier molecular flexibility index (Phi) is 7.32. The number of cyclic esters (lactones) is 1. The largest absolute Gasteiger partial charge is 0.490 e. The van der Waals surface area contributed by atoms with Crippen LogP contribution in [0.2, 0.25) is 0 Å². The van der Waals surface area contributed by atoms with Crippen molar-refractivity contribution >= 4 is 12.1 Å². The molecule has 32 heavy (non-hydrogen) atoms. The number of carbonyl (C=O) groups is 2. The molecular weight excluding hydrogens is 412 g/mol. The molecule has 1 saturated carbocycles. The molecule has 0 radical (unpaired) electrons. The van der Waals surface area contributed by atoms with Crippen molar-refractivity contribution in [1.82, 2.24) is 10.3 Å². The molecule has 8 heteroatoms. The van der Waals surface area contributed by atoms with E-state index >= 15 is 0 Å². The van der Waals surface area contributed by atoms with Gasteiger partial charge in [0.1, 0.15) is 5.75 Å². The van der Waals surface area contributed by atoms with Crippen LogP contribution < -0.4 is 10.1 Å². The molecule has 0 spiro atoms. The van der Waals surface area contributed by atoms with Crippen LogP contribution in [0.25, 0.3) is 0 Å². The molecule has 2 heterocycles. The topological polar surface area (TPSA) is 107 Å². The third-order valence-electron chi connectivity index (χ3n) is 6.18. The molecule has 2 atom stereocenters. The summed E-state index contributed by atoms with van der Waals surface area (Å²) in [7, 11) is 0. The zero-order chi connectivity index (χ0) is 23.5. The van der Waals surface area contributed by atoms with E-state index in [2.05, 4.69) is 17.2 Å². The van der Waals surface area contributed by atoms with E-state index in [9.17, 15) is 14.7 Å². The van der Waals surface area contributed by atoms with E-state index in [0.717, 1.165) is 31.6 Å². The van der Waals surface area contributed by atoms with Gasteiger partial charge in [0.2, 0.25) is 5.79 Å². The maximum atomic E-state index is 13.1. The van der Waals surface area contributed by atoms with E-state index in [1.54, 1.807) is 20.0 Å². The second-order valence-electron chi connectivity index (χ2n) is 10.1. The number of aromatic nitrogens is 1. The highest BCUT2D eigenvalue weighted by molar-refractivity contribution is 5.84. The van der Waals surface area contributed by atoms with Gasteiger partial charge in [0.15, 0.2) is 5.60 Å². The van der Waals surface area contributed by atoms with Gasteiger partial charge in [0.05, 0.1) is 12.1 Å². The Hall–Kier alpha value is -2.35. The first-order valence-corrected chi connectivity index (χ1v) is 11.5. The fourth-order valence-electron chi connectivity index (χ4n) is 4.68. The maximum Gasteiger partial charge on any atom is 0.404 e. The molecule has 1 amide bonds. The molecule has 0 unspecified atom stereocenters. The normalized spacial score (nSPS) is 28.2. The molecule has 1 aromatic heterocycles. The fourth-order valence-corrected chi connectivity index (χ4v) is 4.68. The Bertz CT molecular complexity index is 818. The third-order valence-corrected chi connectivity index (χ3v) is 6.18. The molecular formula is C24H36N2O6. The lowest BCUT2D eigenvalue weighted by Crippen LogP contribution is -2.58. The molecule has 0 aromatic carbocycles. The summed E-state index contributed by atoms with van der Waals surface area (Å²) in [6.45, 7) is 9.50. The summed E-state index contributed by atoms with van der Waals surface area (Å²) in [6, 6.07) is 2.84. The number of hydrogen-bond acceptors (Lipinski definition) is 6. The van der Waals surface area contributed by atoms with Crippen LogP contribution in [0.15, 0.2) is 18.3 Å². The number of pyridine rings is 1. The van der Waals surface area contributed by atoms with Gasteiger partial charge >= 0.3 is 12.1 Å². The Balaban J connectivity index is 1.87. The molecule has 1 aliphatic carbocycles. The van der Waals surface area contributed by atoms with Crippen LogP contribution in [0.1, 0.15) is 72.4 Å². The van der Waals surface area contributed by atoms with E-state index in [-0.39, 0.29) is 18.4 Å². The summed E-state index contributed by atoms with van der Waals surface area (Å²) in [6.07, 6.45) is 5.43. The molecule has 2 fully saturated rings. The highest BCUT2D eigenvalue weighted by Crippen LogP contribution is 2.39. The molecule has 1 aromatic rings. The van der Waals surface area contributed by atoms with Gasteiger partial charge in [0, 0.05) is 38.2 Å². The molecule has 178 valence electrons. The Labute approximate surface area is 190 Å². The van der Waals surface area contributed by atoms with Crippen LogP contribution in [0.3, 0.4) is 0 Å². The summed E-state index contributed by atoms with van der Waals surface area (Å²) < 4.78 is 17.8. The molecule has 1 aliphatic heterocycles. The number of amides is 1. The lowest BCUT2D eigenvalue weighted by Gasteiger charge is -2.35. The summed E-state index contributed by atoms with van der Waals surface area (Å²) in [5, 5.41) is 11.9. The van der Waals surface area contributed by atoms with Gasteiger partial charge in [-0.15, -0.1) is 0 Å². The van der Waals surface area contributed by atoms with Crippen LogP contribution in [-0.2, 0) is 20.7 Å². The molecule has 0 bridgehead atoms. The second-order valence-corrected chi connectivity index (χ2v) is 10.1. The Morgan fingerprint density at radius 2 is 2.00 bits per heavy atom. The van der Waals surface area contributed by atoms with Crippen LogP contribution in [-0.4, -0.2) is 45.7 Å². The van der Waals surface area contributed by atoms with Crippen molar-refractivity contribution in [1.29, 1.82) is 0 Å². The van der Waals surface area contributed by atoms with Crippen LogP contribution in [0.4, 0.5) is 4.79 Å². The van der Waals surface area contributed by atoms with Gasteiger partial charge in [-0.25, -0.2) is 9.59 Å². The smallest absolute Gasteiger partial charge is 0.404 e. The molecule has 3 rings (SSSR count). The fraction of sp³-hybridized carbons (Fsp3) is 0.708. The van der Waals surface area contributed by atoms with Gasteiger partial charge in [-0.3, -0.25) is 4.98 Å². The number of nitrogens with zero attached hydrogens (tertiary/aromatic N) is 1. The first-order valence-electron chi connectivity index (χ1n) is 11.5. The monoisotopic (exact) mass is 448 g/mol. The number of ether oxygens (including phenoxy) is 3. The van der Waals surface area contributed by atoms with E-state index in [0.29, 0.717) is 17.9 Å². The van der Waals surface area contributed by atoms with Gasteiger partial charge in [-0.2, -0.15) is 0 Å². The third kappa shape index (κ3) is 5.91. The predicted molar refractivity (Wildman–Crippen MR) is 118 cm³/mol. The summed E-state index contributed by atoms with van der Waals surface area (Å²) in [5.41, 5.74) is -0.930. The van der Waals surface area contributed by atoms with Crippen molar-refractivity contribution in [2.75, 3.05) is 0 Å². The SMILES string of the molecule is CC(C)C[C@@H](NC(=O)O)[C@]1(Cc2cc(O[C@H]3CC[C@H](C)CC3)ccn2)OC(C)(C)OC1=O. The summed E-state index contributed by atoms with van der Waals surface area (Å²) >= 11 is 0. The van der Waals surface area contributed by atoms with E-state index in [1.807, 2.05) is 26.0 Å². The number of rotatable bonds is 8. The van der Waals surface area contributed by atoms with Gasteiger partial charge in [0.25, 0.3) is 0 Å². The Morgan fingerprint density at radius 1 is 1.31 bits per heavy atom. The van der Waals surface area contributed by atoms with Gasteiger partial charge < -0.3 is 24.6 Å². The van der Waals surface area contributed by atoms with Crippen molar-refractivity contribution in [2.24, 2.45) is 11.8 Å². The first-order chi connectivity index (χ1) is 15.0. The molecule has 1 saturated heterocycles. The summed E-state index contributed by atoms with van der Waals surface area (Å²) in [5.74, 6) is -0.200. The highest BCUT2D eigenvalue weighted by atomic mass is 16.8. The average Bonchev–Trinajstić information content (AvgIpc) is 2.91. The minimum absolute atomic E-state index is 0.0752. The van der Waals surface area contributed by atoms with Crippen LogP contribution in [0.5, 0.6) is 5.75 Å². The number of hydrogen-bond donors (Lipinski definition) is 2. The lowest BCUT2D eigenvalue weighted by atomic mass is 9.84. The number of nitrogens with one attached hydrogen (secondary N) is 1. The van der Waals surface area contributed by atoms with Gasteiger partial charge in [-0.05, 0) is 50.0 Å². The minimum atomic E-state index is -1.52. The van der Waals surface area contributed by atoms with E-state index in [1.165, 1.54) is 0 Å². The molecule has 2 aliphatic rings. The highest BCUT2D eigenvalue weighted by Gasteiger charge is 2.59. The number of esters is 1. The van der Waals surface area contributed by atoms with E-state index in [4.69, 9.17) is 14.2 Å². The van der Waals surface area contributed by atoms with Crippen molar-refractivity contribution in [3.8, 4) is 5.75 Å². The van der Waals surface area contributed by atoms with Gasteiger partial charge in [-0.1, -0.05) is 20.8 Å². The lowest BCUT2D eigenvalue weighted by molar-refractivity contribution is -0.170. The van der Waals surface area contributed by atoms with Crippen molar-refractivity contribution < 1.29 is 28.9 Å². The summed E-state index contributed by atoms with van der Waals surface area (Å²) in [4.78, 5) is 29.1. The minimum Gasteiger partial charge on any atom is -0.490 e. The number of carboxylic acid groups (broad SMARTS) is 1. The standard InChI is InChI=1S/C24H36N2O6/c1-15(2)12-20(26-22(28)29)24(21(27)31-23(4,5)32-24)14-17-13-19(10-11-25-17)30-18-8-6-16(3)7-9-18/h10-11,13,15-16,18,20,26H,6-9,12,14H2,1-5H3,(H,28,29)/t16-,18-,20-,24+/m1/s1. The van der Waals surface area contributed by atoms with Crippen molar-refractivity contribution in [2.45, 2.75) is 96.7 Å². The maximum absolute atomic E-state index is 13.1. The van der Waals surface area contributed by atoms with Crippen LogP contribution in [0, 0.1) is 11.8 Å². The zero-order valence-corrected chi connectivity index (χ0v) is 19.7. The quantitative estimate of drug-likeness (QED) is 0.571. The van der Waals surface area contributed by atoms with Crippen molar-refractivity contribution in [3.63, 3.8) is 0 Å². The average molecular weight is 449 g/mol. The van der Waals surface area contributed by atoms with Crippen LogP contribution >= 0.6 is 0 Å². The van der Waals surface area contributed by atoms with E-state index < -0.39 is 29.5 Å². The molecule has 8 nitrogen and oxygen atoms in total. The Morgan fingerprint density at radius 3 is 2.56 bits per heavy atom. The zero-order valence-electron chi connectivity index (χ0n) is 19.7. The molecule has 2 N–H and O–H groups in total. The van der Waals surface area contributed by atoms with Crippen molar-refractivity contribution in [3.05, 3.63) is 24.0 Å². The number of carbonyl (C=O) groups excluding carboxylic acids is 1.